The maximum Gasteiger partial charge on any atom is 0.171 e. The van der Waals surface area contributed by atoms with E-state index in [9.17, 15) is 4.39 Å². The molecule has 0 amide bonds. The molecule has 22 heavy (non-hydrogen) atoms. The van der Waals surface area contributed by atoms with Crippen LogP contribution < -0.4 is 15.4 Å². The van der Waals surface area contributed by atoms with Crippen molar-refractivity contribution in [3.63, 3.8) is 0 Å². The van der Waals surface area contributed by atoms with Gasteiger partial charge in [0.25, 0.3) is 0 Å². The second-order valence-corrected chi connectivity index (χ2v) is 5.54. The van der Waals surface area contributed by atoms with Crippen LogP contribution in [0.15, 0.2) is 48.5 Å². The van der Waals surface area contributed by atoms with Gasteiger partial charge in [0.2, 0.25) is 0 Å². The topological polar surface area (TPSA) is 33.3 Å². The molecule has 2 aromatic rings. The van der Waals surface area contributed by atoms with Gasteiger partial charge in [-0.05, 0) is 55.9 Å². The molecule has 0 radical (unpaired) electrons. The lowest BCUT2D eigenvalue weighted by Crippen LogP contribution is -2.27. The van der Waals surface area contributed by atoms with Crippen molar-refractivity contribution in [2.45, 2.75) is 26.5 Å². The summed E-state index contributed by atoms with van der Waals surface area (Å²) in [6, 6.07) is 14.0. The third kappa shape index (κ3) is 5.33. The predicted molar refractivity (Wildman–Crippen MR) is 91.7 cm³/mol. The third-order valence-electron chi connectivity index (χ3n) is 2.81. The van der Waals surface area contributed by atoms with E-state index in [4.69, 9.17) is 17.0 Å². The van der Waals surface area contributed by atoms with Crippen LogP contribution in [0, 0.1) is 5.82 Å². The van der Waals surface area contributed by atoms with E-state index >= 15 is 0 Å². The van der Waals surface area contributed by atoms with Crippen molar-refractivity contribution in [3.8, 4) is 5.75 Å². The standard InChI is InChI=1S/C17H19FN2OS/c1-12(2)21-16-8-4-7-15(10-16)20-17(22)19-11-13-5-3-6-14(18)9-13/h3-10,12H,11H2,1-2H3,(H2,19,20,22). The van der Waals surface area contributed by atoms with E-state index in [-0.39, 0.29) is 11.9 Å². The Hall–Kier alpha value is -2.14. The van der Waals surface area contributed by atoms with E-state index < -0.39 is 0 Å². The summed E-state index contributed by atoms with van der Waals surface area (Å²) in [4.78, 5) is 0. The van der Waals surface area contributed by atoms with Gasteiger partial charge in [0.05, 0.1) is 6.10 Å². The molecule has 2 aromatic carbocycles. The Balaban J connectivity index is 1.89. The summed E-state index contributed by atoms with van der Waals surface area (Å²) >= 11 is 5.24. The van der Waals surface area contributed by atoms with E-state index in [1.54, 1.807) is 6.07 Å². The van der Waals surface area contributed by atoms with Crippen LogP contribution in [-0.4, -0.2) is 11.2 Å². The highest BCUT2D eigenvalue weighted by molar-refractivity contribution is 7.80. The lowest BCUT2D eigenvalue weighted by atomic mass is 10.2. The lowest BCUT2D eigenvalue weighted by Gasteiger charge is -2.13. The maximum absolute atomic E-state index is 13.1. The van der Waals surface area contributed by atoms with Crippen LogP contribution in [0.25, 0.3) is 0 Å². The first-order chi connectivity index (χ1) is 10.5. The number of hydrogen-bond donors (Lipinski definition) is 2. The average molecular weight is 318 g/mol. The van der Waals surface area contributed by atoms with Crippen molar-refractivity contribution in [1.82, 2.24) is 5.32 Å². The highest BCUT2D eigenvalue weighted by Gasteiger charge is 2.02. The summed E-state index contributed by atoms with van der Waals surface area (Å²) in [5.74, 6) is 0.532. The zero-order valence-corrected chi connectivity index (χ0v) is 13.4. The quantitative estimate of drug-likeness (QED) is 0.813. The summed E-state index contributed by atoms with van der Waals surface area (Å²) in [7, 11) is 0. The normalized spacial score (nSPS) is 10.4. The molecule has 2 rings (SSSR count). The number of benzene rings is 2. The summed E-state index contributed by atoms with van der Waals surface area (Å²) < 4.78 is 18.7. The van der Waals surface area contributed by atoms with Crippen LogP contribution in [0.4, 0.5) is 10.1 Å². The molecule has 116 valence electrons. The Morgan fingerprint density at radius 1 is 1.18 bits per heavy atom. The largest absolute Gasteiger partial charge is 0.491 e. The minimum absolute atomic E-state index is 0.119. The Kier molecular flexibility index (Phi) is 5.72. The fraction of sp³-hybridized carbons (Fsp3) is 0.235. The van der Waals surface area contributed by atoms with Crippen molar-refractivity contribution in [2.24, 2.45) is 0 Å². The molecule has 0 fully saturated rings. The van der Waals surface area contributed by atoms with Crippen molar-refractivity contribution in [1.29, 1.82) is 0 Å². The van der Waals surface area contributed by atoms with Gasteiger partial charge in [0, 0.05) is 18.3 Å². The van der Waals surface area contributed by atoms with E-state index in [1.807, 2.05) is 44.2 Å². The van der Waals surface area contributed by atoms with Crippen molar-refractivity contribution < 1.29 is 9.13 Å². The summed E-state index contributed by atoms with van der Waals surface area (Å²) in [6.07, 6.45) is 0.119. The highest BCUT2D eigenvalue weighted by atomic mass is 32.1. The zero-order valence-electron chi connectivity index (χ0n) is 12.6. The number of halogens is 1. The fourth-order valence-corrected chi connectivity index (χ4v) is 2.11. The number of thiocarbonyl (C=S) groups is 1. The number of nitrogens with one attached hydrogen (secondary N) is 2. The SMILES string of the molecule is CC(C)Oc1cccc(NC(=S)NCc2cccc(F)c2)c1. The fourth-order valence-electron chi connectivity index (χ4n) is 1.92. The molecule has 0 bridgehead atoms. The van der Waals surface area contributed by atoms with Gasteiger partial charge in [-0.15, -0.1) is 0 Å². The van der Waals surface area contributed by atoms with Gasteiger partial charge in [-0.1, -0.05) is 18.2 Å². The van der Waals surface area contributed by atoms with Crippen LogP contribution in [0.1, 0.15) is 19.4 Å². The highest BCUT2D eigenvalue weighted by Crippen LogP contribution is 2.18. The summed E-state index contributed by atoms with van der Waals surface area (Å²) in [6.45, 7) is 4.42. The van der Waals surface area contributed by atoms with Crippen LogP contribution in [0.5, 0.6) is 5.75 Å². The zero-order chi connectivity index (χ0) is 15.9. The van der Waals surface area contributed by atoms with Crippen LogP contribution in [0.3, 0.4) is 0 Å². The molecular formula is C17H19FN2OS. The molecule has 0 aliphatic carbocycles. The molecule has 2 N–H and O–H groups in total. The molecule has 0 heterocycles. The Bertz CT molecular complexity index is 646. The number of rotatable bonds is 5. The Morgan fingerprint density at radius 2 is 1.95 bits per heavy atom. The average Bonchev–Trinajstić information content (AvgIpc) is 2.45. The molecule has 0 aromatic heterocycles. The lowest BCUT2D eigenvalue weighted by molar-refractivity contribution is 0.242. The van der Waals surface area contributed by atoms with Crippen molar-refractivity contribution in [2.75, 3.05) is 5.32 Å². The first-order valence-corrected chi connectivity index (χ1v) is 7.50. The van der Waals surface area contributed by atoms with E-state index in [0.29, 0.717) is 11.7 Å². The van der Waals surface area contributed by atoms with Crippen LogP contribution in [-0.2, 0) is 6.54 Å². The van der Waals surface area contributed by atoms with Crippen molar-refractivity contribution in [3.05, 3.63) is 59.9 Å². The van der Waals surface area contributed by atoms with Gasteiger partial charge in [0.1, 0.15) is 11.6 Å². The molecular weight excluding hydrogens is 299 g/mol. The molecule has 0 atom stereocenters. The third-order valence-corrected chi connectivity index (χ3v) is 3.05. The van der Waals surface area contributed by atoms with Gasteiger partial charge in [-0.3, -0.25) is 0 Å². The van der Waals surface area contributed by atoms with E-state index in [2.05, 4.69) is 10.6 Å². The number of anilines is 1. The predicted octanol–water partition coefficient (Wildman–Crippen LogP) is 4.10. The summed E-state index contributed by atoms with van der Waals surface area (Å²) in [5, 5.41) is 6.61. The Labute approximate surface area is 135 Å². The molecule has 0 unspecified atom stereocenters. The molecule has 0 saturated heterocycles. The molecule has 0 aliphatic heterocycles. The molecule has 0 saturated carbocycles. The van der Waals surface area contributed by atoms with Gasteiger partial charge in [-0.25, -0.2) is 4.39 Å². The maximum atomic E-state index is 13.1. The first-order valence-electron chi connectivity index (χ1n) is 7.09. The first kappa shape index (κ1) is 16.2. The van der Waals surface area contributed by atoms with E-state index in [1.165, 1.54) is 12.1 Å². The van der Waals surface area contributed by atoms with Gasteiger partial charge in [0.15, 0.2) is 5.11 Å². The van der Waals surface area contributed by atoms with Gasteiger partial charge >= 0.3 is 0 Å². The van der Waals surface area contributed by atoms with Gasteiger partial charge < -0.3 is 15.4 Å². The Morgan fingerprint density at radius 3 is 2.68 bits per heavy atom. The minimum atomic E-state index is -0.253. The van der Waals surface area contributed by atoms with Gasteiger partial charge in [-0.2, -0.15) is 0 Å². The van der Waals surface area contributed by atoms with Crippen LogP contribution in [0.2, 0.25) is 0 Å². The number of hydrogen-bond acceptors (Lipinski definition) is 2. The van der Waals surface area contributed by atoms with Crippen molar-refractivity contribution >= 4 is 23.0 Å². The smallest absolute Gasteiger partial charge is 0.171 e. The number of ether oxygens (including phenoxy) is 1. The molecule has 0 aliphatic rings. The van der Waals surface area contributed by atoms with E-state index in [0.717, 1.165) is 17.0 Å². The molecule has 5 heteroatoms. The molecule has 3 nitrogen and oxygen atoms in total. The minimum Gasteiger partial charge on any atom is -0.491 e. The molecule has 0 spiro atoms. The second kappa shape index (κ2) is 7.75. The monoisotopic (exact) mass is 318 g/mol. The summed E-state index contributed by atoms with van der Waals surface area (Å²) in [5.41, 5.74) is 1.68. The second-order valence-electron chi connectivity index (χ2n) is 5.13. The van der Waals surface area contributed by atoms with Crippen LogP contribution >= 0.6 is 12.2 Å².